The maximum atomic E-state index is 12.9. The molecular weight excluding hydrogens is 392 g/mol. The molecule has 0 aliphatic heterocycles. The van der Waals surface area contributed by atoms with E-state index in [2.05, 4.69) is 63.0 Å². The maximum absolute atomic E-state index is 12.9. The third-order valence-electron chi connectivity index (χ3n) is 5.04. The highest BCUT2D eigenvalue weighted by Crippen LogP contribution is 2.33. The molecule has 0 radical (unpaired) electrons. The third kappa shape index (κ3) is 3.09. The second-order valence-corrected chi connectivity index (χ2v) is 7.78. The Bertz CT molecular complexity index is 1030. The monoisotopic (exact) mass is 410 g/mol. The number of benzene rings is 1. The van der Waals surface area contributed by atoms with Crippen LogP contribution >= 0.6 is 15.9 Å². The van der Waals surface area contributed by atoms with Gasteiger partial charge in [-0.2, -0.15) is 9.78 Å². The van der Waals surface area contributed by atoms with Crippen LogP contribution in [0.3, 0.4) is 0 Å². The molecule has 1 unspecified atom stereocenters. The van der Waals surface area contributed by atoms with Crippen LogP contribution in [0.4, 0.5) is 0 Å². The van der Waals surface area contributed by atoms with Crippen molar-refractivity contribution in [2.45, 2.75) is 39.0 Å². The fourth-order valence-corrected chi connectivity index (χ4v) is 3.96. The average Bonchev–Trinajstić information content (AvgIpc) is 2.63. The highest BCUT2D eigenvalue weighted by molar-refractivity contribution is 9.10. The van der Waals surface area contributed by atoms with Crippen molar-refractivity contribution < 1.29 is 0 Å². The van der Waals surface area contributed by atoms with Crippen LogP contribution in [0, 0.1) is 13.8 Å². The molecule has 0 bridgehead atoms. The van der Waals surface area contributed by atoms with Crippen LogP contribution < -0.4 is 5.56 Å². The molecule has 0 fully saturated rings. The smallest absolute Gasteiger partial charge is 0.267 e. The molecule has 6 heteroatoms. The Morgan fingerprint density at radius 3 is 2.65 bits per heavy atom. The molecule has 1 aliphatic rings. The largest absolute Gasteiger partial charge is 0.277 e. The van der Waals surface area contributed by atoms with E-state index in [1.54, 1.807) is 18.6 Å². The molecule has 0 spiro atoms. The minimum atomic E-state index is -0.107. The SMILES string of the molecule is Cc1ccc(C2CCc3c(cnn(-c4ncc(Br)cn4)c3=O)C2)c(C)c1. The van der Waals surface area contributed by atoms with Gasteiger partial charge in [-0.15, -0.1) is 0 Å². The summed E-state index contributed by atoms with van der Waals surface area (Å²) >= 11 is 3.30. The predicted molar refractivity (Wildman–Crippen MR) is 104 cm³/mol. The van der Waals surface area contributed by atoms with Gasteiger partial charge in [0.2, 0.25) is 0 Å². The van der Waals surface area contributed by atoms with Crippen LogP contribution in [0.25, 0.3) is 5.95 Å². The van der Waals surface area contributed by atoms with Crippen LogP contribution in [-0.2, 0) is 12.8 Å². The lowest BCUT2D eigenvalue weighted by atomic mass is 9.79. The fraction of sp³-hybridized carbons (Fsp3) is 0.300. The molecule has 1 atom stereocenters. The van der Waals surface area contributed by atoms with Crippen molar-refractivity contribution in [1.82, 2.24) is 19.7 Å². The zero-order valence-electron chi connectivity index (χ0n) is 14.7. The number of rotatable bonds is 2. The number of hydrogen-bond acceptors (Lipinski definition) is 4. The maximum Gasteiger partial charge on any atom is 0.277 e. The molecule has 0 N–H and O–H groups in total. The second-order valence-electron chi connectivity index (χ2n) is 6.87. The molecule has 4 rings (SSSR count). The van der Waals surface area contributed by atoms with E-state index in [0.29, 0.717) is 11.9 Å². The van der Waals surface area contributed by atoms with Crippen molar-refractivity contribution in [2.75, 3.05) is 0 Å². The van der Waals surface area contributed by atoms with Gasteiger partial charge in [-0.05, 0) is 71.6 Å². The van der Waals surface area contributed by atoms with Crippen LogP contribution in [-0.4, -0.2) is 19.7 Å². The van der Waals surface area contributed by atoms with Crippen molar-refractivity contribution in [3.63, 3.8) is 0 Å². The molecule has 5 nitrogen and oxygen atoms in total. The predicted octanol–water partition coefficient (Wildman–Crippen LogP) is 3.67. The summed E-state index contributed by atoms with van der Waals surface area (Å²) < 4.78 is 2.06. The second kappa shape index (κ2) is 6.76. The molecule has 3 aromatic rings. The van der Waals surface area contributed by atoms with E-state index < -0.39 is 0 Å². The molecule has 132 valence electrons. The first-order valence-corrected chi connectivity index (χ1v) is 9.47. The summed E-state index contributed by atoms with van der Waals surface area (Å²) in [4.78, 5) is 21.2. The lowest BCUT2D eigenvalue weighted by molar-refractivity contribution is 0.563. The zero-order valence-corrected chi connectivity index (χ0v) is 16.3. The summed E-state index contributed by atoms with van der Waals surface area (Å²) in [5.41, 5.74) is 5.75. The minimum absolute atomic E-state index is 0.107. The molecule has 0 saturated carbocycles. The first-order chi connectivity index (χ1) is 12.5. The van der Waals surface area contributed by atoms with Crippen molar-refractivity contribution in [1.29, 1.82) is 0 Å². The van der Waals surface area contributed by atoms with Gasteiger partial charge in [0.25, 0.3) is 11.5 Å². The van der Waals surface area contributed by atoms with E-state index in [9.17, 15) is 4.79 Å². The first-order valence-electron chi connectivity index (χ1n) is 8.68. The Labute approximate surface area is 160 Å². The van der Waals surface area contributed by atoms with E-state index in [1.165, 1.54) is 21.4 Å². The Morgan fingerprint density at radius 2 is 1.92 bits per heavy atom. The summed E-state index contributed by atoms with van der Waals surface area (Å²) in [6, 6.07) is 6.62. The summed E-state index contributed by atoms with van der Waals surface area (Å²) in [7, 11) is 0. The van der Waals surface area contributed by atoms with Gasteiger partial charge in [-0.1, -0.05) is 23.8 Å². The van der Waals surface area contributed by atoms with E-state index in [4.69, 9.17) is 0 Å². The van der Waals surface area contributed by atoms with Crippen LogP contribution in [0.2, 0.25) is 0 Å². The van der Waals surface area contributed by atoms with E-state index >= 15 is 0 Å². The van der Waals surface area contributed by atoms with Gasteiger partial charge < -0.3 is 0 Å². The number of halogens is 1. The summed E-state index contributed by atoms with van der Waals surface area (Å²) in [5.74, 6) is 0.738. The molecule has 1 aliphatic carbocycles. The Balaban J connectivity index is 1.68. The normalized spacial score (nSPS) is 16.3. The molecule has 2 heterocycles. The van der Waals surface area contributed by atoms with Crippen molar-refractivity contribution in [3.05, 3.63) is 79.4 Å². The summed E-state index contributed by atoms with van der Waals surface area (Å²) in [5, 5.41) is 4.32. The lowest BCUT2D eigenvalue weighted by Gasteiger charge is -2.26. The van der Waals surface area contributed by atoms with Crippen LogP contribution in [0.1, 0.15) is 40.2 Å². The topological polar surface area (TPSA) is 60.7 Å². The molecule has 26 heavy (non-hydrogen) atoms. The Morgan fingerprint density at radius 1 is 1.15 bits per heavy atom. The lowest BCUT2D eigenvalue weighted by Crippen LogP contribution is -2.30. The van der Waals surface area contributed by atoms with Crippen LogP contribution in [0.5, 0.6) is 0 Å². The number of nitrogens with zero attached hydrogens (tertiary/aromatic N) is 4. The molecule has 0 saturated heterocycles. The number of aryl methyl sites for hydroxylation is 2. The van der Waals surface area contributed by atoms with Gasteiger partial charge in [-0.3, -0.25) is 4.79 Å². The highest BCUT2D eigenvalue weighted by atomic mass is 79.9. The minimum Gasteiger partial charge on any atom is -0.267 e. The molecule has 2 aromatic heterocycles. The number of hydrogen-bond donors (Lipinski definition) is 0. The standard InChI is InChI=1S/C20H19BrN4O/c1-12-3-5-17(13(2)7-12)14-4-6-18-15(8-14)9-24-25(19(18)26)20-22-10-16(21)11-23-20/h3,5,7,9-11,14H,4,6,8H2,1-2H3. The molecular formula is C20H19BrN4O. The van der Waals surface area contributed by atoms with Crippen LogP contribution in [0.15, 0.2) is 46.1 Å². The van der Waals surface area contributed by atoms with Gasteiger partial charge in [0.05, 0.1) is 10.7 Å². The highest BCUT2D eigenvalue weighted by Gasteiger charge is 2.25. The van der Waals surface area contributed by atoms with Gasteiger partial charge in [-0.25, -0.2) is 9.97 Å². The first kappa shape index (κ1) is 17.1. The Kier molecular flexibility index (Phi) is 4.44. The van der Waals surface area contributed by atoms with Crippen molar-refractivity contribution >= 4 is 15.9 Å². The molecule has 1 aromatic carbocycles. The van der Waals surface area contributed by atoms with Crippen molar-refractivity contribution in [2.24, 2.45) is 0 Å². The van der Waals surface area contributed by atoms with Gasteiger partial charge in [0.15, 0.2) is 0 Å². The third-order valence-corrected chi connectivity index (χ3v) is 5.45. The van der Waals surface area contributed by atoms with E-state index in [0.717, 1.165) is 34.9 Å². The average molecular weight is 411 g/mol. The van der Waals surface area contributed by atoms with E-state index in [1.807, 2.05) is 0 Å². The quantitative estimate of drug-likeness (QED) is 0.646. The number of fused-ring (bicyclic) bond motifs is 1. The summed E-state index contributed by atoms with van der Waals surface area (Å²) in [6.07, 6.45) is 7.61. The summed E-state index contributed by atoms with van der Waals surface area (Å²) in [6.45, 7) is 4.28. The van der Waals surface area contributed by atoms with Crippen molar-refractivity contribution in [3.8, 4) is 5.95 Å². The van der Waals surface area contributed by atoms with Gasteiger partial charge in [0.1, 0.15) is 0 Å². The number of aromatic nitrogens is 4. The fourth-order valence-electron chi connectivity index (χ4n) is 3.76. The van der Waals surface area contributed by atoms with E-state index in [-0.39, 0.29) is 5.56 Å². The molecule has 0 amide bonds. The van der Waals surface area contributed by atoms with Gasteiger partial charge >= 0.3 is 0 Å². The zero-order chi connectivity index (χ0) is 18.3. The van der Waals surface area contributed by atoms with Gasteiger partial charge in [0, 0.05) is 18.0 Å². The Hall–Kier alpha value is -2.34.